The van der Waals surface area contributed by atoms with Gasteiger partial charge in [-0.3, -0.25) is 4.79 Å². The number of thioether (sulfide) groups is 1. The number of carbonyl (C=O) groups is 1. The Hall–Kier alpha value is -1.16. The quantitative estimate of drug-likeness (QED) is 0.471. The zero-order chi connectivity index (χ0) is 10.6. The van der Waals surface area contributed by atoms with Crippen molar-refractivity contribution >= 4 is 23.4 Å². The Morgan fingerprint density at radius 3 is 2.86 bits per heavy atom. The number of anilines is 1. The molecule has 0 radical (unpaired) electrons. The average Bonchev–Trinajstić information content (AvgIpc) is 2.16. The van der Waals surface area contributed by atoms with Crippen molar-refractivity contribution in [3.8, 4) is 0 Å². The highest BCUT2D eigenvalue weighted by molar-refractivity contribution is 8.00. The van der Waals surface area contributed by atoms with Crippen molar-refractivity contribution in [2.75, 3.05) is 18.6 Å². The fourth-order valence-electron chi connectivity index (χ4n) is 0.995. The molecule has 1 aromatic rings. The molecule has 0 atom stereocenters. The summed E-state index contributed by atoms with van der Waals surface area (Å²) in [5.74, 6) is 0.0546. The number of carbonyl (C=O) groups excluding carboxylic acids is 1. The number of methoxy groups -OCH3 is 1. The number of nitrogen functional groups attached to an aromatic ring is 1. The lowest BCUT2D eigenvalue weighted by Crippen LogP contribution is -2.03. The van der Waals surface area contributed by atoms with Crippen molar-refractivity contribution in [2.45, 2.75) is 11.8 Å². The lowest BCUT2D eigenvalue weighted by atomic mass is 10.2. The van der Waals surface area contributed by atoms with Gasteiger partial charge in [-0.1, -0.05) is 6.07 Å². The second kappa shape index (κ2) is 4.91. The maximum absolute atomic E-state index is 10.9. The molecule has 0 aromatic heterocycles. The Bertz CT molecular complexity index is 339. The first-order valence-electron chi connectivity index (χ1n) is 4.19. The first-order valence-corrected chi connectivity index (χ1v) is 5.18. The lowest BCUT2D eigenvalue weighted by Gasteiger charge is -2.04. The first-order chi connectivity index (χ1) is 6.63. The molecule has 3 nitrogen and oxygen atoms in total. The molecule has 14 heavy (non-hydrogen) atoms. The maximum Gasteiger partial charge on any atom is 0.315 e. The van der Waals surface area contributed by atoms with Crippen molar-refractivity contribution in [3.05, 3.63) is 23.8 Å². The monoisotopic (exact) mass is 211 g/mol. The van der Waals surface area contributed by atoms with Crippen molar-refractivity contribution in [1.29, 1.82) is 0 Å². The smallest absolute Gasteiger partial charge is 0.315 e. The van der Waals surface area contributed by atoms with E-state index in [1.807, 2.05) is 25.1 Å². The molecule has 0 spiro atoms. The summed E-state index contributed by atoms with van der Waals surface area (Å²) in [5.41, 5.74) is 7.60. The van der Waals surface area contributed by atoms with Gasteiger partial charge in [0, 0.05) is 10.6 Å². The molecule has 0 amide bonds. The van der Waals surface area contributed by atoms with Crippen molar-refractivity contribution in [2.24, 2.45) is 0 Å². The highest BCUT2D eigenvalue weighted by atomic mass is 32.2. The average molecular weight is 211 g/mol. The normalized spacial score (nSPS) is 9.86. The summed E-state index contributed by atoms with van der Waals surface area (Å²) in [6.45, 7) is 1.98. The summed E-state index contributed by atoms with van der Waals surface area (Å²) >= 11 is 1.39. The number of benzene rings is 1. The van der Waals surface area contributed by atoms with Crippen molar-refractivity contribution < 1.29 is 9.53 Å². The standard InChI is InChI=1S/C10H13NO2S/c1-7-3-4-9(8(11)5-7)14-6-10(12)13-2/h3-5H,6,11H2,1-2H3. The Balaban J connectivity index is 2.63. The van der Waals surface area contributed by atoms with E-state index in [-0.39, 0.29) is 5.97 Å². The molecule has 0 aliphatic heterocycles. The topological polar surface area (TPSA) is 52.3 Å². The molecule has 0 saturated carbocycles. The van der Waals surface area contributed by atoms with E-state index in [2.05, 4.69) is 4.74 Å². The van der Waals surface area contributed by atoms with E-state index in [1.54, 1.807) is 0 Å². The molecule has 1 aromatic carbocycles. The van der Waals surface area contributed by atoms with Crippen LogP contribution in [0, 0.1) is 6.92 Å². The van der Waals surface area contributed by atoms with Crippen LogP contribution in [0.4, 0.5) is 5.69 Å². The maximum atomic E-state index is 10.9. The minimum atomic E-state index is -0.241. The second-order valence-corrected chi connectivity index (χ2v) is 3.92. The molecule has 0 heterocycles. The van der Waals surface area contributed by atoms with E-state index in [1.165, 1.54) is 18.9 Å². The molecule has 0 unspecified atom stereocenters. The number of rotatable bonds is 3. The van der Waals surface area contributed by atoms with Crippen LogP contribution in [-0.2, 0) is 9.53 Å². The van der Waals surface area contributed by atoms with Gasteiger partial charge in [0.15, 0.2) is 0 Å². The highest BCUT2D eigenvalue weighted by Crippen LogP contribution is 2.25. The minimum Gasteiger partial charge on any atom is -0.468 e. The molecular formula is C10H13NO2S. The van der Waals surface area contributed by atoms with Crippen LogP contribution in [0.5, 0.6) is 0 Å². The Labute approximate surface area is 87.6 Å². The summed E-state index contributed by atoms with van der Waals surface area (Å²) in [7, 11) is 1.38. The molecule has 0 bridgehead atoms. The van der Waals surface area contributed by atoms with Gasteiger partial charge in [-0.15, -0.1) is 11.8 Å². The molecule has 0 fully saturated rings. The molecule has 0 aliphatic rings. The van der Waals surface area contributed by atoms with Gasteiger partial charge in [-0.05, 0) is 24.6 Å². The van der Waals surface area contributed by atoms with Crippen LogP contribution >= 0.6 is 11.8 Å². The van der Waals surface area contributed by atoms with Gasteiger partial charge in [0.25, 0.3) is 0 Å². The van der Waals surface area contributed by atoms with Crippen molar-refractivity contribution in [3.63, 3.8) is 0 Å². The van der Waals surface area contributed by atoms with Crippen LogP contribution in [0.25, 0.3) is 0 Å². The Kier molecular flexibility index (Phi) is 3.83. The summed E-state index contributed by atoms with van der Waals surface area (Å²) < 4.78 is 4.53. The summed E-state index contributed by atoms with van der Waals surface area (Å²) in [6, 6.07) is 5.77. The zero-order valence-electron chi connectivity index (χ0n) is 8.24. The fourth-order valence-corrected chi connectivity index (χ4v) is 1.78. The fraction of sp³-hybridized carbons (Fsp3) is 0.300. The van der Waals surface area contributed by atoms with E-state index in [0.29, 0.717) is 11.4 Å². The van der Waals surface area contributed by atoms with Gasteiger partial charge in [0.05, 0.1) is 12.9 Å². The minimum absolute atomic E-state index is 0.241. The number of hydrogen-bond acceptors (Lipinski definition) is 4. The zero-order valence-corrected chi connectivity index (χ0v) is 9.06. The SMILES string of the molecule is COC(=O)CSc1ccc(C)cc1N. The number of nitrogens with two attached hydrogens (primary N) is 1. The predicted molar refractivity (Wildman–Crippen MR) is 58.3 cm³/mol. The van der Waals surface area contributed by atoms with Crippen molar-refractivity contribution in [1.82, 2.24) is 0 Å². The molecule has 2 N–H and O–H groups in total. The van der Waals surface area contributed by atoms with E-state index in [0.717, 1.165) is 10.5 Å². The third kappa shape index (κ3) is 2.96. The summed E-state index contributed by atoms with van der Waals surface area (Å²) in [5, 5.41) is 0. The van der Waals surface area contributed by atoms with Gasteiger partial charge in [-0.2, -0.15) is 0 Å². The van der Waals surface area contributed by atoms with Crippen LogP contribution in [0.2, 0.25) is 0 Å². The van der Waals surface area contributed by atoms with Gasteiger partial charge in [0.2, 0.25) is 0 Å². The van der Waals surface area contributed by atoms with Gasteiger partial charge >= 0.3 is 5.97 Å². The summed E-state index contributed by atoms with van der Waals surface area (Å²) in [6.07, 6.45) is 0. The van der Waals surface area contributed by atoms with Crippen LogP contribution in [0.1, 0.15) is 5.56 Å². The highest BCUT2D eigenvalue weighted by Gasteiger charge is 2.04. The van der Waals surface area contributed by atoms with Gasteiger partial charge < -0.3 is 10.5 Å². The van der Waals surface area contributed by atoms with Crippen LogP contribution < -0.4 is 5.73 Å². The van der Waals surface area contributed by atoms with E-state index < -0.39 is 0 Å². The lowest BCUT2D eigenvalue weighted by molar-refractivity contribution is -0.137. The Morgan fingerprint density at radius 1 is 1.57 bits per heavy atom. The predicted octanol–water partition coefficient (Wildman–Crippen LogP) is 1.84. The van der Waals surface area contributed by atoms with Crippen LogP contribution in [-0.4, -0.2) is 18.8 Å². The van der Waals surface area contributed by atoms with E-state index in [4.69, 9.17) is 5.73 Å². The number of aryl methyl sites for hydroxylation is 1. The molecule has 0 saturated heterocycles. The molecular weight excluding hydrogens is 198 g/mol. The van der Waals surface area contributed by atoms with Crippen LogP contribution in [0.3, 0.4) is 0 Å². The van der Waals surface area contributed by atoms with E-state index in [9.17, 15) is 4.79 Å². The second-order valence-electron chi connectivity index (χ2n) is 2.91. The summed E-state index contributed by atoms with van der Waals surface area (Å²) in [4.78, 5) is 11.8. The van der Waals surface area contributed by atoms with E-state index >= 15 is 0 Å². The Morgan fingerprint density at radius 2 is 2.29 bits per heavy atom. The molecule has 1 rings (SSSR count). The van der Waals surface area contributed by atoms with Gasteiger partial charge in [-0.25, -0.2) is 0 Å². The molecule has 0 aliphatic carbocycles. The number of esters is 1. The molecule has 4 heteroatoms. The third-order valence-corrected chi connectivity index (χ3v) is 2.80. The first kappa shape index (κ1) is 10.9. The van der Waals surface area contributed by atoms with Gasteiger partial charge in [0.1, 0.15) is 0 Å². The number of ether oxygens (including phenoxy) is 1. The third-order valence-electron chi connectivity index (χ3n) is 1.74. The molecule has 76 valence electrons. The van der Waals surface area contributed by atoms with Crippen LogP contribution in [0.15, 0.2) is 23.1 Å². The largest absolute Gasteiger partial charge is 0.468 e. The number of hydrogen-bond donors (Lipinski definition) is 1.